The topological polar surface area (TPSA) is 101 Å². The predicted octanol–water partition coefficient (Wildman–Crippen LogP) is -0.0433. The van der Waals surface area contributed by atoms with Crippen LogP contribution in [0.4, 0.5) is 0 Å². The molecular weight excluding hydrogens is 246 g/mol. The monoisotopic (exact) mass is 263 g/mol. The quantitative estimate of drug-likeness (QED) is 0.627. The van der Waals surface area contributed by atoms with Gasteiger partial charge in [0.2, 0.25) is 5.91 Å². The van der Waals surface area contributed by atoms with Crippen LogP contribution in [0, 0.1) is 0 Å². The summed E-state index contributed by atoms with van der Waals surface area (Å²) < 4.78 is 22.4. The molecule has 2 N–H and O–H groups in total. The van der Waals surface area contributed by atoms with Crippen molar-refractivity contribution in [1.82, 2.24) is 5.32 Å². The fourth-order valence-electron chi connectivity index (χ4n) is 0.981. The van der Waals surface area contributed by atoms with E-state index >= 15 is 0 Å². The van der Waals surface area contributed by atoms with Crippen molar-refractivity contribution < 1.29 is 23.1 Å². The summed E-state index contributed by atoms with van der Waals surface area (Å²) >= 11 is 0. The molecule has 1 amide bonds. The Balaban J connectivity index is 4.52. The van der Waals surface area contributed by atoms with Crippen LogP contribution in [0.15, 0.2) is 12.2 Å². The van der Waals surface area contributed by atoms with E-state index < -0.39 is 27.8 Å². The van der Waals surface area contributed by atoms with E-state index in [-0.39, 0.29) is 23.5 Å². The number of rotatable bonds is 7. The maximum atomic E-state index is 11.2. The molecule has 6 nitrogen and oxygen atoms in total. The Morgan fingerprint density at radius 2 is 1.94 bits per heavy atom. The molecule has 0 aromatic carbocycles. The minimum absolute atomic E-state index is 0.0478. The summed E-state index contributed by atoms with van der Waals surface area (Å²) in [4.78, 5) is 22.1. The van der Waals surface area contributed by atoms with Crippen LogP contribution in [-0.4, -0.2) is 42.9 Å². The van der Waals surface area contributed by atoms with Crippen LogP contribution in [0.3, 0.4) is 0 Å². The lowest BCUT2D eigenvalue weighted by Crippen LogP contribution is -2.42. The number of sulfone groups is 1. The van der Waals surface area contributed by atoms with Crippen molar-refractivity contribution in [2.45, 2.75) is 26.3 Å². The highest BCUT2D eigenvalue weighted by molar-refractivity contribution is 7.91. The Labute approximate surface area is 101 Å². The third kappa shape index (κ3) is 6.06. The van der Waals surface area contributed by atoms with Gasteiger partial charge in [-0.1, -0.05) is 13.5 Å². The minimum atomic E-state index is -3.24. The summed E-state index contributed by atoms with van der Waals surface area (Å²) in [5, 5.41) is 11.0. The lowest BCUT2D eigenvalue weighted by Gasteiger charge is -2.14. The Hall–Kier alpha value is -1.37. The third-order valence-corrected chi connectivity index (χ3v) is 3.89. The molecule has 17 heavy (non-hydrogen) atoms. The van der Waals surface area contributed by atoms with Crippen molar-refractivity contribution >= 4 is 21.7 Å². The Kier molecular flexibility index (Phi) is 5.87. The zero-order valence-corrected chi connectivity index (χ0v) is 10.7. The van der Waals surface area contributed by atoms with Crippen molar-refractivity contribution in [3.63, 3.8) is 0 Å². The molecule has 0 aromatic heterocycles. The number of carbonyl (C=O) groups is 2. The van der Waals surface area contributed by atoms with Crippen molar-refractivity contribution in [3.8, 4) is 0 Å². The normalized spacial score (nSPS) is 12.8. The molecule has 0 saturated heterocycles. The zero-order valence-electron chi connectivity index (χ0n) is 9.89. The number of aliphatic carboxylic acids is 1. The van der Waals surface area contributed by atoms with E-state index in [0.717, 1.165) is 0 Å². The highest BCUT2D eigenvalue weighted by Crippen LogP contribution is 2.00. The van der Waals surface area contributed by atoms with E-state index in [0.29, 0.717) is 0 Å². The molecule has 0 saturated carbocycles. The zero-order chi connectivity index (χ0) is 13.6. The van der Waals surface area contributed by atoms with Gasteiger partial charge in [0.15, 0.2) is 0 Å². The van der Waals surface area contributed by atoms with Gasteiger partial charge in [-0.05, 0) is 13.3 Å². The van der Waals surface area contributed by atoms with Gasteiger partial charge >= 0.3 is 5.97 Å². The fourth-order valence-corrected chi connectivity index (χ4v) is 1.86. The highest BCUT2D eigenvalue weighted by Gasteiger charge is 2.22. The molecule has 0 fully saturated rings. The summed E-state index contributed by atoms with van der Waals surface area (Å²) in [5.74, 6) is -2.16. The Bertz CT molecular complexity index is 412. The summed E-state index contributed by atoms with van der Waals surface area (Å²) in [7, 11) is -3.24. The fraction of sp³-hybridized carbons (Fsp3) is 0.600. The first-order valence-corrected chi connectivity index (χ1v) is 6.91. The second-order valence-electron chi connectivity index (χ2n) is 3.67. The number of nitrogens with one attached hydrogen (secondary N) is 1. The van der Waals surface area contributed by atoms with E-state index in [1.54, 1.807) is 0 Å². The second kappa shape index (κ2) is 6.39. The van der Waals surface area contributed by atoms with Gasteiger partial charge in [-0.15, -0.1) is 0 Å². The molecule has 0 heterocycles. The van der Waals surface area contributed by atoms with Crippen LogP contribution in [-0.2, 0) is 19.4 Å². The number of hydrogen-bond acceptors (Lipinski definition) is 4. The molecule has 1 unspecified atom stereocenters. The molecule has 0 aliphatic rings. The van der Waals surface area contributed by atoms with E-state index in [4.69, 9.17) is 5.11 Å². The number of hydrogen-bond donors (Lipinski definition) is 2. The summed E-state index contributed by atoms with van der Waals surface area (Å²) in [6, 6.07) is -1.21. The molecule has 0 spiro atoms. The van der Waals surface area contributed by atoms with Crippen LogP contribution in [0.2, 0.25) is 0 Å². The molecule has 0 rings (SSSR count). The smallest absolute Gasteiger partial charge is 0.326 e. The minimum Gasteiger partial charge on any atom is -0.480 e. The van der Waals surface area contributed by atoms with Crippen LogP contribution in [0.1, 0.15) is 20.3 Å². The van der Waals surface area contributed by atoms with Gasteiger partial charge in [-0.2, -0.15) is 0 Å². The number of carbonyl (C=O) groups excluding carboxylic acids is 1. The van der Waals surface area contributed by atoms with Crippen LogP contribution in [0.5, 0.6) is 0 Å². The van der Waals surface area contributed by atoms with E-state index in [1.807, 2.05) is 0 Å². The van der Waals surface area contributed by atoms with Crippen LogP contribution >= 0.6 is 0 Å². The molecule has 0 aliphatic heterocycles. The summed E-state index contributed by atoms with van der Waals surface area (Å²) in [5.41, 5.74) is 0.176. The van der Waals surface area contributed by atoms with Crippen molar-refractivity contribution in [3.05, 3.63) is 12.2 Å². The standard InChI is InChI=1S/C10H17NO5S/c1-4-17(15,16)6-5-8(10(13)14)11-9(12)7(2)3/h8H,2,4-6H2,1,3H3,(H,11,12)(H,13,14). The van der Waals surface area contributed by atoms with Crippen molar-refractivity contribution in [2.24, 2.45) is 0 Å². The van der Waals surface area contributed by atoms with Gasteiger partial charge < -0.3 is 10.4 Å². The molecule has 0 bridgehead atoms. The average molecular weight is 263 g/mol. The van der Waals surface area contributed by atoms with Crippen molar-refractivity contribution in [2.75, 3.05) is 11.5 Å². The average Bonchev–Trinajstić information content (AvgIpc) is 2.23. The molecule has 7 heteroatoms. The van der Waals surface area contributed by atoms with Gasteiger partial charge in [0.1, 0.15) is 15.9 Å². The van der Waals surface area contributed by atoms with Gasteiger partial charge in [0, 0.05) is 11.3 Å². The molecule has 0 radical (unpaired) electrons. The number of carboxylic acids is 1. The van der Waals surface area contributed by atoms with E-state index in [1.165, 1.54) is 13.8 Å². The summed E-state index contributed by atoms with van der Waals surface area (Å²) in [6.07, 6.45) is -0.148. The van der Waals surface area contributed by atoms with Gasteiger partial charge in [-0.25, -0.2) is 13.2 Å². The first-order chi connectivity index (χ1) is 7.69. The maximum absolute atomic E-state index is 11.2. The SMILES string of the molecule is C=C(C)C(=O)NC(CCS(=O)(=O)CC)C(=O)O. The van der Waals surface area contributed by atoms with Gasteiger partial charge in [-0.3, -0.25) is 4.79 Å². The van der Waals surface area contributed by atoms with E-state index in [2.05, 4.69) is 11.9 Å². The van der Waals surface area contributed by atoms with Crippen LogP contribution < -0.4 is 5.32 Å². The molecule has 0 aromatic rings. The van der Waals surface area contributed by atoms with Gasteiger partial charge in [0.05, 0.1) is 5.75 Å². The number of amides is 1. The van der Waals surface area contributed by atoms with Crippen molar-refractivity contribution in [1.29, 1.82) is 0 Å². The van der Waals surface area contributed by atoms with Gasteiger partial charge in [0.25, 0.3) is 0 Å². The number of carboxylic acid groups (broad SMARTS) is 1. The predicted molar refractivity (Wildman–Crippen MR) is 63.3 cm³/mol. The third-order valence-electron chi connectivity index (χ3n) is 2.15. The lowest BCUT2D eigenvalue weighted by atomic mass is 10.2. The molecular formula is C10H17NO5S. The first kappa shape index (κ1) is 15.6. The van der Waals surface area contributed by atoms with E-state index in [9.17, 15) is 18.0 Å². The molecule has 1 atom stereocenters. The Morgan fingerprint density at radius 3 is 2.29 bits per heavy atom. The molecule has 0 aliphatic carbocycles. The maximum Gasteiger partial charge on any atom is 0.326 e. The summed E-state index contributed by atoms with van der Waals surface area (Å²) in [6.45, 7) is 6.29. The lowest BCUT2D eigenvalue weighted by molar-refractivity contribution is -0.141. The van der Waals surface area contributed by atoms with Crippen LogP contribution in [0.25, 0.3) is 0 Å². The largest absolute Gasteiger partial charge is 0.480 e. The second-order valence-corrected chi connectivity index (χ2v) is 6.14. The first-order valence-electron chi connectivity index (χ1n) is 5.09. The Morgan fingerprint density at radius 1 is 1.41 bits per heavy atom. The molecule has 98 valence electrons. The highest BCUT2D eigenvalue weighted by atomic mass is 32.2.